The molecule has 0 unspecified atom stereocenters. The van der Waals surface area contributed by atoms with Gasteiger partial charge in [0.1, 0.15) is 5.56 Å². The topological polar surface area (TPSA) is 85.6 Å². The van der Waals surface area contributed by atoms with E-state index in [2.05, 4.69) is 9.46 Å². The van der Waals surface area contributed by atoms with Crippen molar-refractivity contribution in [3.63, 3.8) is 0 Å². The van der Waals surface area contributed by atoms with Crippen LogP contribution in [0.25, 0.3) is 0 Å². The van der Waals surface area contributed by atoms with E-state index in [-0.39, 0.29) is 17.3 Å². The highest BCUT2D eigenvalue weighted by Crippen LogP contribution is 2.24. The van der Waals surface area contributed by atoms with Crippen molar-refractivity contribution >= 4 is 27.6 Å². The number of sulfonamides is 1. The zero-order valence-electron chi connectivity index (χ0n) is 8.61. The van der Waals surface area contributed by atoms with Gasteiger partial charge >= 0.3 is 5.97 Å². The van der Waals surface area contributed by atoms with Gasteiger partial charge in [0.25, 0.3) is 10.0 Å². The summed E-state index contributed by atoms with van der Waals surface area (Å²) in [5, 5.41) is -0.733. The van der Waals surface area contributed by atoms with Crippen molar-refractivity contribution in [2.24, 2.45) is 0 Å². The zero-order valence-corrected chi connectivity index (χ0v) is 10.2. The number of carbonyl (C=O) groups excluding carboxylic acids is 1. The van der Waals surface area contributed by atoms with Crippen LogP contribution in [0, 0.1) is 0 Å². The predicted octanol–water partition coefficient (Wildman–Crippen LogP) is 1.02. The van der Waals surface area contributed by atoms with Crippen molar-refractivity contribution in [3.05, 3.63) is 16.8 Å². The van der Waals surface area contributed by atoms with Gasteiger partial charge in [0, 0.05) is 12.6 Å². The van der Waals surface area contributed by atoms with Crippen molar-refractivity contribution < 1.29 is 22.4 Å². The lowest BCUT2D eigenvalue weighted by Gasteiger charge is -1.98. The van der Waals surface area contributed by atoms with Gasteiger partial charge in [-0.2, -0.15) is 0 Å². The maximum absolute atomic E-state index is 11.5. The highest BCUT2D eigenvalue weighted by Gasteiger charge is 2.24. The number of furan rings is 1. The monoisotopic (exact) mass is 267 g/mol. The Balaban J connectivity index is 3.15. The molecule has 0 spiro atoms. The smallest absolute Gasteiger partial charge is 0.342 e. The standard InChI is InChI=1S/C8H10ClNO5S/c1-3-10-16(12,13)6-4-5(7(9)15-6)8(11)14-2/h4,10H,3H2,1-2H3. The van der Waals surface area contributed by atoms with Crippen molar-refractivity contribution in [2.75, 3.05) is 13.7 Å². The molecule has 0 aliphatic rings. The summed E-state index contributed by atoms with van der Waals surface area (Å²) in [4.78, 5) is 11.2. The quantitative estimate of drug-likeness (QED) is 0.823. The van der Waals surface area contributed by atoms with E-state index in [4.69, 9.17) is 16.0 Å². The number of hydrogen-bond donors (Lipinski definition) is 1. The molecule has 1 heterocycles. The highest BCUT2D eigenvalue weighted by molar-refractivity contribution is 7.89. The van der Waals surface area contributed by atoms with E-state index in [1.165, 1.54) is 0 Å². The fourth-order valence-electron chi connectivity index (χ4n) is 0.990. The average molecular weight is 268 g/mol. The molecule has 0 radical (unpaired) electrons. The van der Waals surface area contributed by atoms with Crippen LogP contribution in [0.5, 0.6) is 0 Å². The van der Waals surface area contributed by atoms with E-state index in [1.807, 2.05) is 0 Å². The lowest BCUT2D eigenvalue weighted by Crippen LogP contribution is -2.22. The number of methoxy groups -OCH3 is 1. The summed E-state index contributed by atoms with van der Waals surface area (Å²) < 4.78 is 34.4. The van der Waals surface area contributed by atoms with Gasteiger partial charge in [-0.25, -0.2) is 17.9 Å². The molecule has 16 heavy (non-hydrogen) atoms. The number of nitrogens with one attached hydrogen (secondary N) is 1. The average Bonchev–Trinajstić information content (AvgIpc) is 2.60. The second-order valence-electron chi connectivity index (χ2n) is 2.75. The van der Waals surface area contributed by atoms with E-state index >= 15 is 0 Å². The molecule has 0 atom stereocenters. The lowest BCUT2D eigenvalue weighted by molar-refractivity contribution is 0.0600. The van der Waals surface area contributed by atoms with Crippen LogP contribution in [-0.4, -0.2) is 28.0 Å². The van der Waals surface area contributed by atoms with Gasteiger partial charge in [0.2, 0.25) is 10.3 Å². The summed E-state index contributed by atoms with van der Waals surface area (Å²) in [7, 11) is -2.61. The Bertz CT molecular complexity index is 493. The van der Waals surface area contributed by atoms with Crippen LogP contribution in [0.4, 0.5) is 0 Å². The largest absolute Gasteiger partial charge is 0.465 e. The first-order valence-corrected chi connectivity index (χ1v) is 6.15. The van der Waals surface area contributed by atoms with Gasteiger partial charge in [-0.3, -0.25) is 0 Å². The van der Waals surface area contributed by atoms with Gasteiger partial charge in [-0.05, 0) is 11.6 Å². The van der Waals surface area contributed by atoms with E-state index in [1.54, 1.807) is 6.92 Å². The summed E-state index contributed by atoms with van der Waals surface area (Å²) in [6.07, 6.45) is 0. The number of ether oxygens (including phenoxy) is 1. The van der Waals surface area contributed by atoms with Gasteiger partial charge < -0.3 is 9.15 Å². The Morgan fingerprint density at radius 2 is 2.25 bits per heavy atom. The van der Waals surface area contributed by atoms with Gasteiger partial charge in [0.05, 0.1) is 7.11 Å². The first-order valence-electron chi connectivity index (χ1n) is 4.29. The number of hydrogen-bond acceptors (Lipinski definition) is 5. The first kappa shape index (κ1) is 13.0. The van der Waals surface area contributed by atoms with Crippen LogP contribution >= 0.6 is 11.6 Å². The summed E-state index contributed by atoms with van der Waals surface area (Å²) in [6.45, 7) is 1.82. The number of carbonyl (C=O) groups is 1. The van der Waals surface area contributed by atoms with Gasteiger partial charge in [-0.15, -0.1) is 0 Å². The molecule has 0 aromatic carbocycles. The molecule has 6 nitrogen and oxygen atoms in total. The van der Waals surface area contributed by atoms with Crippen LogP contribution in [0.1, 0.15) is 17.3 Å². The Labute approximate surface area is 97.6 Å². The number of esters is 1. The predicted molar refractivity (Wildman–Crippen MR) is 55.9 cm³/mol. The van der Waals surface area contributed by atoms with E-state index in [0.717, 1.165) is 13.2 Å². The van der Waals surface area contributed by atoms with Crippen LogP contribution < -0.4 is 4.72 Å². The molecule has 1 rings (SSSR count). The zero-order chi connectivity index (χ0) is 12.3. The molecule has 1 N–H and O–H groups in total. The molecule has 0 amide bonds. The molecular weight excluding hydrogens is 258 g/mol. The minimum absolute atomic E-state index is 0.124. The Morgan fingerprint density at radius 1 is 1.62 bits per heavy atom. The lowest BCUT2D eigenvalue weighted by atomic mass is 10.3. The fraction of sp³-hybridized carbons (Fsp3) is 0.375. The third-order valence-electron chi connectivity index (χ3n) is 1.67. The van der Waals surface area contributed by atoms with Crippen LogP contribution in [0.3, 0.4) is 0 Å². The molecule has 0 bridgehead atoms. The number of rotatable bonds is 4. The summed E-state index contributed by atoms with van der Waals surface area (Å²) in [6, 6.07) is 1.02. The van der Waals surface area contributed by atoms with Crippen LogP contribution in [-0.2, 0) is 14.8 Å². The van der Waals surface area contributed by atoms with Crippen molar-refractivity contribution in [3.8, 4) is 0 Å². The second-order valence-corrected chi connectivity index (χ2v) is 4.79. The molecule has 0 aliphatic heterocycles. The molecule has 0 saturated carbocycles. The second kappa shape index (κ2) is 4.86. The fourth-order valence-corrected chi connectivity index (χ4v) is 2.24. The minimum atomic E-state index is -3.76. The Hall–Kier alpha value is -1.05. The third-order valence-corrected chi connectivity index (χ3v) is 3.35. The molecule has 1 aromatic heterocycles. The van der Waals surface area contributed by atoms with Gasteiger partial charge in [-0.1, -0.05) is 6.92 Å². The minimum Gasteiger partial charge on any atom is -0.465 e. The third kappa shape index (κ3) is 2.55. The molecule has 1 aromatic rings. The van der Waals surface area contributed by atoms with Crippen molar-refractivity contribution in [2.45, 2.75) is 12.0 Å². The molecule has 8 heteroatoms. The summed E-state index contributed by atoms with van der Waals surface area (Å²) in [5.41, 5.74) is -0.124. The Kier molecular flexibility index (Phi) is 3.95. The molecule has 0 aliphatic carbocycles. The van der Waals surface area contributed by atoms with Crippen molar-refractivity contribution in [1.29, 1.82) is 0 Å². The normalized spacial score (nSPS) is 11.4. The molecule has 90 valence electrons. The van der Waals surface area contributed by atoms with Gasteiger partial charge in [0.15, 0.2) is 0 Å². The van der Waals surface area contributed by atoms with E-state index < -0.39 is 21.1 Å². The van der Waals surface area contributed by atoms with Crippen LogP contribution in [0.2, 0.25) is 5.22 Å². The highest BCUT2D eigenvalue weighted by atomic mass is 35.5. The Morgan fingerprint density at radius 3 is 2.75 bits per heavy atom. The SMILES string of the molecule is CCNS(=O)(=O)c1cc(C(=O)OC)c(Cl)o1. The van der Waals surface area contributed by atoms with E-state index in [9.17, 15) is 13.2 Å². The maximum atomic E-state index is 11.5. The van der Waals surface area contributed by atoms with Crippen molar-refractivity contribution in [1.82, 2.24) is 4.72 Å². The summed E-state index contributed by atoms with van der Waals surface area (Å²) >= 11 is 5.57. The number of halogens is 1. The molecule has 0 saturated heterocycles. The maximum Gasteiger partial charge on any atom is 0.342 e. The first-order chi connectivity index (χ1) is 7.42. The van der Waals surface area contributed by atoms with Crippen LogP contribution in [0.15, 0.2) is 15.6 Å². The van der Waals surface area contributed by atoms with E-state index in [0.29, 0.717) is 0 Å². The molecular formula is C8H10ClNO5S. The summed E-state index contributed by atoms with van der Waals surface area (Å²) in [5.74, 6) is -0.758. The molecule has 0 fully saturated rings.